The van der Waals surface area contributed by atoms with E-state index in [1.807, 2.05) is 20.8 Å². The third-order valence-electron chi connectivity index (χ3n) is 6.82. The van der Waals surface area contributed by atoms with E-state index in [-0.39, 0.29) is 28.7 Å². The van der Waals surface area contributed by atoms with Gasteiger partial charge in [-0.3, -0.25) is 4.57 Å². The molecule has 3 heterocycles. The Balaban J connectivity index is 1.77. The Morgan fingerprint density at radius 1 is 1.10 bits per heavy atom. The summed E-state index contributed by atoms with van der Waals surface area (Å²) in [4.78, 5) is 21.7. The number of alkyl halides is 3. The summed E-state index contributed by atoms with van der Waals surface area (Å²) in [6.07, 6.45) is -5.64. The van der Waals surface area contributed by atoms with E-state index in [0.29, 0.717) is 10.6 Å². The molecule has 0 radical (unpaired) electrons. The Kier molecular flexibility index (Phi) is 8.65. The Morgan fingerprint density at radius 3 is 2.34 bits per heavy atom. The Morgan fingerprint density at radius 2 is 1.76 bits per heavy atom. The van der Waals surface area contributed by atoms with Crippen molar-refractivity contribution in [3.63, 3.8) is 0 Å². The fourth-order valence-corrected chi connectivity index (χ4v) is 5.48. The highest BCUT2D eigenvalue weighted by Gasteiger charge is 2.48. The zero-order valence-corrected chi connectivity index (χ0v) is 26.1. The minimum Gasteiger partial charge on any atom is -0.404 e. The van der Waals surface area contributed by atoms with Crippen molar-refractivity contribution in [1.82, 2.24) is 34.1 Å². The van der Waals surface area contributed by atoms with E-state index in [0.717, 1.165) is 13.9 Å². The van der Waals surface area contributed by atoms with Gasteiger partial charge in [-0.1, -0.05) is 32.4 Å². The van der Waals surface area contributed by atoms with Crippen LogP contribution in [-0.4, -0.2) is 54.7 Å². The second kappa shape index (κ2) is 11.4. The molecule has 41 heavy (non-hydrogen) atoms. The monoisotopic (exact) mass is 675 g/mol. The Labute approximate surface area is 247 Å². The maximum Gasteiger partial charge on any atom is 0.415 e. The molecule has 4 aromatic rings. The van der Waals surface area contributed by atoms with Crippen LogP contribution in [-0.2, 0) is 17.5 Å². The van der Waals surface area contributed by atoms with E-state index in [9.17, 15) is 22.4 Å². The van der Waals surface area contributed by atoms with Gasteiger partial charge < -0.3 is 4.43 Å². The van der Waals surface area contributed by atoms with Crippen LogP contribution in [0.3, 0.4) is 0 Å². The molecule has 1 aromatic carbocycles. The van der Waals surface area contributed by atoms with Crippen molar-refractivity contribution in [1.29, 1.82) is 0 Å². The van der Waals surface area contributed by atoms with E-state index in [1.54, 1.807) is 37.4 Å². The molecule has 0 aliphatic carbocycles. The van der Waals surface area contributed by atoms with Crippen LogP contribution < -0.4 is 5.69 Å². The molecule has 0 amide bonds. The normalized spacial score (nSPS) is 13.5. The lowest BCUT2D eigenvalue weighted by atomic mass is 10.2. The zero-order valence-electron chi connectivity index (χ0n) is 22.7. The number of aromatic nitrogens is 7. The van der Waals surface area contributed by atoms with Crippen molar-refractivity contribution in [2.24, 2.45) is 0 Å². The maximum atomic E-state index is 14.3. The number of rotatable bonds is 8. The number of benzene rings is 1. The van der Waals surface area contributed by atoms with Crippen molar-refractivity contribution in [3.8, 4) is 17.2 Å². The first-order valence-corrected chi connectivity index (χ1v) is 16.5. The minimum atomic E-state index is -4.76. The summed E-state index contributed by atoms with van der Waals surface area (Å²) in [5.74, 6) is -0.764. The fraction of sp³-hybridized carbons (Fsp3) is 0.400. The molecule has 0 aliphatic heterocycles. The third-order valence-corrected chi connectivity index (χ3v) is 12.1. The third kappa shape index (κ3) is 6.79. The van der Waals surface area contributed by atoms with Crippen molar-refractivity contribution < 1.29 is 22.0 Å². The number of hydrogen-bond donors (Lipinski definition) is 0. The van der Waals surface area contributed by atoms with Gasteiger partial charge in [0.2, 0.25) is 4.73 Å². The van der Waals surface area contributed by atoms with E-state index in [4.69, 9.17) is 16.0 Å². The van der Waals surface area contributed by atoms with Gasteiger partial charge in [0.05, 0.1) is 6.54 Å². The number of nitrogens with zero attached hydrogens (tertiary/aromatic N) is 7. The van der Waals surface area contributed by atoms with E-state index < -0.39 is 43.7 Å². The predicted octanol–water partition coefficient (Wildman–Crippen LogP) is 6.24. The molecule has 0 aliphatic rings. The molecule has 9 nitrogen and oxygen atoms in total. The van der Waals surface area contributed by atoms with Crippen LogP contribution in [0.2, 0.25) is 23.2 Å². The first-order valence-electron chi connectivity index (χ1n) is 12.4. The molecule has 0 fully saturated rings. The van der Waals surface area contributed by atoms with Gasteiger partial charge in [-0.25, -0.2) is 23.8 Å². The highest BCUT2D eigenvalue weighted by atomic mass is 79.9. The van der Waals surface area contributed by atoms with E-state index in [2.05, 4.69) is 36.1 Å². The summed E-state index contributed by atoms with van der Waals surface area (Å²) in [5.41, 5.74) is -0.465. The van der Waals surface area contributed by atoms with Crippen LogP contribution in [0, 0.1) is 5.82 Å². The lowest BCUT2D eigenvalue weighted by Gasteiger charge is -2.39. The highest BCUT2D eigenvalue weighted by molar-refractivity contribution is 9.10. The van der Waals surface area contributed by atoms with Crippen molar-refractivity contribution in [2.45, 2.75) is 64.3 Å². The van der Waals surface area contributed by atoms with Crippen LogP contribution in [0.15, 0.2) is 52.1 Å². The lowest BCUT2D eigenvalue weighted by Crippen LogP contribution is -2.50. The quantitative estimate of drug-likeness (QED) is 0.162. The van der Waals surface area contributed by atoms with Gasteiger partial charge in [0, 0.05) is 16.8 Å². The second-order valence-electron chi connectivity index (χ2n) is 10.8. The summed E-state index contributed by atoms with van der Waals surface area (Å²) >= 11 is 9.21. The second-order valence-corrected chi connectivity index (χ2v) is 16.7. The van der Waals surface area contributed by atoms with Gasteiger partial charge in [-0.2, -0.15) is 17.9 Å². The maximum absolute atomic E-state index is 14.3. The summed E-state index contributed by atoms with van der Waals surface area (Å²) in [6.45, 7) is 7.78. The van der Waals surface area contributed by atoms with Crippen LogP contribution in [0.5, 0.6) is 0 Å². The van der Waals surface area contributed by atoms with E-state index in [1.165, 1.54) is 18.3 Å². The number of pyridine rings is 1. The molecular formula is C25H27BrClF4N7O2Si. The first kappa shape index (κ1) is 31.1. The summed E-state index contributed by atoms with van der Waals surface area (Å²) in [5, 5.41) is 8.44. The zero-order chi connectivity index (χ0) is 30.3. The topological polar surface area (TPSA) is 92.7 Å². The highest BCUT2D eigenvalue weighted by Crippen LogP contribution is 2.40. The molecular weight excluding hydrogens is 650 g/mol. The Bertz CT molecular complexity index is 1600. The van der Waals surface area contributed by atoms with Crippen molar-refractivity contribution in [2.75, 3.05) is 0 Å². The van der Waals surface area contributed by atoms with Crippen LogP contribution in [0.1, 0.15) is 26.6 Å². The van der Waals surface area contributed by atoms with Gasteiger partial charge in [0.1, 0.15) is 6.54 Å². The standard InChI is InChI=1S/C25H27BrClF4N7O2Si/c1-24(2,3)41(4,5)40-18(25(29,30)31)13-36-20(15-8-10-16(27)11-9-15)35-37(23(36)39)14-19-33-22(26)38(34-19)21-17(28)7-6-12-32-21/h6-12,18H,13-14H2,1-5H3/t18-/m0/s1. The van der Waals surface area contributed by atoms with Gasteiger partial charge >= 0.3 is 11.9 Å². The molecule has 220 valence electrons. The molecule has 0 saturated carbocycles. The molecule has 0 N–H and O–H groups in total. The lowest BCUT2D eigenvalue weighted by molar-refractivity contribution is -0.202. The van der Waals surface area contributed by atoms with Crippen LogP contribution >= 0.6 is 27.5 Å². The SMILES string of the molecule is CC(C)(C)[Si](C)(C)O[C@@H](Cn1c(-c2ccc(Cl)cc2)nn(Cc2nc(Br)n(-c3ncccc3F)n2)c1=O)C(F)(F)F. The largest absolute Gasteiger partial charge is 0.415 e. The molecule has 0 unspecified atom stereocenters. The number of halogens is 6. The molecule has 4 rings (SSSR count). The molecule has 3 aromatic heterocycles. The van der Waals surface area contributed by atoms with Crippen molar-refractivity contribution in [3.05, 3.63) is 74.5 Å². The molecule has 0 saturated heterocycles. The summed E-state index contributed by atoms with van der Waals surface area (Å²) in [7, 11) is -2.89. The average molecular weight is 677 g/mol. The molecule has 16 heteroatoms. The van der Waals surface area contributed by atoms with E-state index >= 15 is 0 Å². The van der Waals surface area contributed by atoms with Crippen molar-refractivity contribution >= 4 is 35.8 Å². The molecule has 0 spiro atoms. The summed E-state index contributed by atoms with van der Waals surface area (Å²) in [6, 6.07) is 8.80. The van der Waals surface area contributed by atoms with Gasteiger partial charge in [-0.05, 0) is 70.5 Å². The molecule has 1 atom stereocenters. The number of hydrogen-bond acceptors (Lipinski definition) is 6. The van der Waals surface area contributed by atoms with Gasteiger partial charge in [0.25, 0.3) is 0 Å². The minimum absolute atomic E-state index is 0.0194. The first-order chi connectivity index (χ1) is 19.0. The predicted molar refractivity (Wildman–Crippen MR) is 151 cm³/mol. The van der Waals surface area contributed by atoms with Crippen LogP contribution in [0.25, 0.3) is 17.2 Å². The summed E-state index contributed by atoms with van der Waals surface area (Å²) < 4.78 is 66.1. The van der Waals surface area contributed by atoms with Gasteiger partial charge in [0.15, 0.2) is 37.7 Å². The Hall–Kier alpha value is -2.88. The molecule has 0 bridgehead atoms. The van der Waals surface area contributed by atoms with Crippen LogP contribution in [0.4, 0.5) is 17.6 Å². The van der Waals surface area contributed by atoms with Gasteiger partial charge in [-0.15, -0.1) is 10.2 Å². The average Bonchev–Trinajstić information content (AvgIpc) is 3.37. The fourth-order valence-electron chi connectivity index (χ4n) is 3.63. The smallest absolute Gasteiger partial charge is 0.404 e.